The highest BCUT2D eigenvalue weighted by Gasteiger charge is 2.17. The van der Waals surface area contributed by atoms with Crippen molar-refractivity contribution in [3.05, 3.63) is 257 Å². The summed E-state index contributed by atoms with van der Waals surface area (Å²) >= 11 is 0. The smallest absolute Gasteiger partial charge is 0.119 e. The van der Waals surface area contributed by atoms with E-state index < -0.39 is 0 Å². The van der Waals surface area contributed by atoms with E-state index in [9.17, 15) is 0 Å². The molecule has 9 rings (SSSR count). The van der Waals surface area contributed by atoms with E-state index in [0.29, 0.717) is 0 Å². The molecule has 0 radical (unpaired) electrons. The Morgan fingerprint density at radius 2 is 0.789 bits per heavy atom. The summed E-state index contributed by atoms with van der Waals surface area (Å²) in [6.07, 6.45) is 12.5. The second-order valence-corrected chi connectivity index (χ2v) is 20.2. The number of rotatable bonds is 20. The number of nitrogens with zero attached hydrogens (tertiary/aromatic N) is 3. The maximum Gasteiger partial charge on any atom is 0.119 e. The summed E-state index contributed by atoms with van der Waals surface area (Å²) in [5.41, 5.74) is 19.5. The molecular weight excluding hydrogens is 927 g/mol. The Bertz CT molecular complexity index is 3340. The highest BCUT2D eigenvalue weighted by molar-refractivity contribution is 5.83. The van der Waals surface area contributed by atoms with E-state index in [4.69, 9.17) is 9.47 Å². The minimum absolute atomic E-state index is 0.119. The van der Waals surface area contributed by atoms with Crippen molar-refractivity contribution in [2.45, 2.75) is 86.9 Å². The number of anilines is 9. The van der Waals surface area contributed by atoms with Gasteiger partial charge in [-0.05, 0) is 228 Å². The molecule has 382 valence electrons. The fourth-order valence-electron chi connectivity index (χ4n) is 9.61. The number of unbranched alkanes of at least 4 members (excludes halogenated alkanes) is 1. The van der Waals surface area contributed by atoms with Crippen molar-refractivity contribution in [3.8, 4) is 11.5 Å². The van der Waals surface area contributed by atoms with Gasteiger partial charge in [0.15, 0.2) is 0 Å². The predicted molar refractivity (Wildman–Crippen MR) is 326 cm³/mol. The lowest BCUT2D eigenvalue weighted by Crippen LogP contribution is -2.11. The summed E-state index contributed by atoms with van der Waals surface area (Å²) < 4.78 is 11.9. The zero-order chi connectivity index (χ0) is 53.0. The topological polar surface area (TPSA) is 28.2 Å². The Morgan fingerprint density at radius 3 is 1.24 bits per heavy atom. The Labute approximate surface area is 452 Å². The number of ether oxygens (including phenoxy) is 2. The van der Waals surface area contributed by atoms with Crippen LogP contribution < -0.4 is 24.2 Å². The third kappa shape index (κ3) is 13.2. The predicted octanol–water partition coefficient (Wildman–Crippen LogP) is 20.3. The molecule has 0 aliphatic carbocycles. The fraction of sp³-hybridized carbons (Fsp3) is 0.183. The maximum absolute atomic E-state index is 5.98. The Balaban J connectivity index is 0.918. The first-order chi connectivity index (χ1) is 37.0. The maximum atomic E-state index is 5.98. The van der Waals surface area contributed by atoms with Crippen molar-refractivity contribution in [2.75, 3.05) is 14.7 Å². The van der Waals surface area contributed by atoms with Crippen LogP contribution in [0.2, 0.25) is 0 Å². The minimum atomic E-state index is 0.119. The van der Waals surface area contributed by atoms with Gasteiger partial charge in [-0.25, -0.2) is 0 Å². The van der Waals surface area contributed by atoms with E-state index in [1.54, 1.807) is 0 Å². The molecule has 0 N–H and O–H groups in total. The molecule has 0 spiro atoms. The molecule has 9 aromatic rings. The Morgan fingerprint density at radius 1 is 0.382 bits per heavy atom. The molecule has 0 fully saturated rings. The van der Waals surface area contributed by atoms with Crippen LogP contribution in [-0.4, -0.2) is 12.2 Å². The molecule has 9 aromatic carbocycles. The number of aryl methyl sites for hydroxylation is 4. The average molecular weight is 998 g/mol. The molecule has 0 aliphatic rings. The zero-order valence-corrected chi connectivity index (χ0v) is 45.5. The fourth-order valence-corrected chi connectivity index (χ4v) is 9.61. The van der Waals surface area contributed by atoms with Gasteiger partial charge in [-0.2, -0.15) is 0 Å². The lowest BCUT2D eigenvalue weighted by molar-refractivity contribution is 0.242. The molecule has 0 atom stereocenters. The van der Waals surface area contributed by atoms with E-state index in [1.807, 2.05) is 26.0 Å². The molecule has 0 aromatic heterocycles. The van der Waals surface area contributed by atoms with Crippen molar-refractivity contribution < 1.29 is 9.47 Å². The van der Waals surface area contributed by atoms with Crippen molar-refractivity contribution >= 4 is 75.5 Å². The molecule has 0 saturated carbocycles. The first-order valence-corrected chi connectivity index (χ1v) is 26.9. The van der Waals surface area contributed by atoms with Crippen LogP contribution in [0.3, 0.4) is 0 Å². The normalized spacial score (nSPS) is 11.4. The highest BCUT2D eigenvalue weighted by Crippen LogP contribution is 2.40. The Kier molecular flexibility index (Phi) is 17.0. The van der Waals surface area contributed by atoms with Crippen LogP contribution in [0.4, 0.5) is 51.2 Å². The van der Waals surface area contributed by atoms with Gasteiger partial charge in [0.1, 0.15) is 11.5 Å². The molecule has 0 saturated heterocycles. The second kappa shape index (κ2) is 24.7. The summed E-state index contributed by atoms with van der Waals surface area (Å²) in [7, 11) is 0. The standard InChI is InChI=1S/C71H71N3O2/c1-9-10-14-56-21-31-62(32-22-56)72(64-40-44-69(45-41-64)75-51(2)3)63-33-23-57(24-34-63)18-19-58-25-35-66(36-26-58)74(71-48-17-53(6)49-55(71)8)67-37-27-59(28-38-67)20-29-60-30-39-68(50-54(60)7)73(61-15-12-11-13-16-61)65-42-46-70(47-43-65)76-52(4)5/h11-13,15-52H,9-10,14H2,1-8H3/b19-18+,29-20+. The van der Waals surface area contributed by atoms with Gasteiger partial charge in [-0.3, -0.25) is 0 Å². The third-order valence-electron chi connectivity index (χ3n) is 13.4. The largest absolute Gasteiger partial charge is 0.491 e. The zero-order valence-electron chi connectivity index (χ0n) is 45.5. The summed E-state index contributed by atoms with van der Waals surface area (Å²) in [5, 5.41) is 0. The molecule has 0 amide bonds. The second-order valence-electron chi connectivity index (χ2n) is 20.2. The van der Waals surface area contributed by atoms with Crippen molar-refractivity contribution in [1.29, 1.82) is 0 Å². The summed E-state index contributed by atoms with van der Waals surface area (Å²) in [4.78, 5) is 6.96. The number of hydrogen-bond donors (Lipinski definition) is 0. The van der Waals surface area contributed by atoms with Crippen molar-refractivity contribution in [3.63, 3.8) is 0 Å². The molecule has 0 aliphatic heterocycles. The number of hydrogen-bond acceptors (Lipinski definition) is 5. The van der Waals surface area contributed by atoms with Crippen LogP contribution >= 0.6 is 0 Å². The average Bonchev–Trinajstić information content (AvgIpc) is 3.43. The molecule has 0 unspecified atom stereocenters. The van der Waals surface area contributed by atoms with Gasteiger partial charge in [0.25, 0.3) is 0 Å². The van der Waals surface area contributed by atoms with Gasteiger partial charge in [-0.15, -0.1) is 0 Å². The van der Waals surface area contributed by atoms with Gasteiger partial charge < -0.3 is 24.2 Å². The van der Waals surface area contributed by atoms with Gasteiger partial charge in [0, 0.05) is 51.2 Å². The molecule has 5 nitrogen and oxygen atoms in total. The summed E-state index contributed by atoms with van der Waals surface area (Å²) in [5.74, 6) is 1.74. The molecular formula is C71H71N3O2. The lowest BCUT2D eigenvalue weighted by atomic mass is 10.0. The number of para-hydroxylation sites is 1. The molecule has 5 heteroatoms. The number of benzene rings is 9. The minimum Gasteiger partial charge on any atom is -0.491 e. The van der Waals surface area contributed by atoms with Crippen LogP contribution in [-0.2, 0) is 6.42 Å². The SMILES string of the molecule is CCCCc1ccc(N(c2ccc(/C=C/c3ccc(N(c4ccc(/C=C/c5ccc(N(c6ccccc6)c6ccc(OC(C)C)cc6)cc5C)cc4)c4ccc(C)cc4C)cc3)cc2)c2ccc(OC(C)C)cc2)cc1. The van der Waals surface area contributed by atoms with Gasteiger partial charge in [0.2, 0.25) is 0 Å². The van der Waals surface area contributed by atoms with E-state index in [-0.39, 0.29) is 12.2 Å². The first kappa shape index (κ1) is 52.3. The molecule has 76 heavy (non-hydrogen) atoms. The van der Waals surface area contributed by atoms with Crippen LogP contribution in [0, 0.1) is 20.8 Å². The summed E-state index contributed by atoms with van der Waals surface area (Å²) in [6, 6.07) is 76.2. The van der Waals surface area contributed by atoms with Gasteiger partial charge in [0.05, 0.1) is 12.2 Å². The van der Waals surface area contributed by atoms with Gasteiger partial charge >= 0.3 is 0 Å². The van der Waals surface area contributed by atoms with E-state index in [2.05, 4.69) is 281 Å². The van der Waals surface area contributed by atoms with Crippen LogP contribution in [0.1, 0.15) is 92.0 Å². The molecule has 0 heterocycles. The third-order valence-corrected chi connectivity index (χ3v) is 13.4. The van der Waals surface area contributed by atoms with Crippen molar-refractivity contribution in [2.24, 2.45) is 0 Å². The van der Waals surface area contributed by atoms with Crippen LogP contribution in [0.25, 0.3) is 24.3 Å². The molecule has 0 bridgehead atoms. The monoisotopic (exact) mass is 998 g/mol. The van der Waals surface area contributed by atoms with Gasteiger partial charge in [-0.1, -0.05) is 128 Å². The van der Waals surface area contributed by atoms with E-state index in [0.717, 1.165) is 85.8 Å². The quantitative estimate of drug-likeness (QED) is 0.0710. The van der Waals surface area contributed by atoms with Crippen LogP contribution in [0.5, 0.6) is 11.5 Å². The summed E-state index contributed by atoms with van der Waals surface area (Å²) in [6.45, 7) is 17.0. The highest BCUT2D eigenvalue weighted by atomic mass is 16.5. The Hall–Kier alpha value is -8.54. The first-order valence-electron chi connectivity index (χ1n) is 26.9. The van der Waals surface area contributed by atoms with E-state index in [1.165, 1.54) is 40.7 Å². The van der Waals surface area contributed by atoms with E-state index >= 15 is 0 Å². The lowest BCUT2D eigenvalue weighted by Gasteiger charge is -2.27. The van der Waals surface area contributed by atoms with Crippen molar-refractivity contribution in [1.82, 2.24) is 0 Å². The van der Waals surface area contributed by atoms with Crippen LogP contribution in [0.15, 0.2) is 212 Å².